The van der Waals surface area contributed by atoms with Crippen molar-refractivity contribution in [2.24, 2.45) is 11.8 Å². The number of methoxy groups -OCH3 is 1. The zero-order chi connectivity index (χ0) is 28.7. The third kappa shape index (κ3) is 6.55. The minimum absolute atomic E-state index is 0.0484. The van der Waals surface area contributed by atoms with Crippen molar-refractivity contribution in [3.8, 4) is 11.1 Å². The normalized spacial score (nSPS) is 25.1. The van der Waals surface area contributed by atoms with Crippen LogP contribution in [0.25, 0.3) is 11.1 Å². The summed E-state index contributed by atoms with van der Waals surface area (Å²) in [5, 5.41) is 11.2. The first-order chi connectivity index (χ1) is 19.9. The number of aliphatic hydroxyl groups is 1. The van der Waals surface area contributed by atoms with Gasteiger partial charge in [0.25, 0.3) is 0 Å². The Morgan fingerprint density at radius 2 is 1.66 bits per heavy atom. The number of carbonyl (C=O) groups is 1. The topological polar surface area (TPSA) is 55.8 Å². The Bertz CT molecular complexity index is 1330. The molecule has 3 aromatic carbocycles. The molecule has 0 radical (unpaired) electrons. The van der Waals surface area contributed by atoms with E-state index < -0.39 is 5.60 Å². The van der Waals surface area contributed by atoms with Crippen molar-refractivity contribution in [2.45, 2.75) is 62.6 Å². The molecule has 2 bridgehead atoms. The molecule has 0 aromatic heterocycles. The van der Waals surface area contributed by atoms with Crippen molar-refractivity contribution < 1.29 is 19.4 Å². The predicted molar refractivity (Wildman–Crippen MR) is 164 cm³/mol. The standard InChI is InChI=1S/C37H42O4/c1-36(39,30-16-9-6-10-17-30)25-13-18-32-33(19-11-3-4-12-20-35(38)40-2)37(26-34(32)41-27-37)31-23-21-29(22-24-31)28-14-7-5-8-15-28/h3,5-11,13-18,21-24,32-34,39H,4,12,19-20,25-27H2,1-2H3/t32-,33-,34-,36-,37-/m0/s1. The highest BCUT2D eigenvalue weighted by Crippen LogP contribution is 2.57. The van der Waals surface area contributed by atoms with E-state index in [1.165, 1.54) is 23.8 Å². The summed E-state index contributed by atoms with van der Waals surface area (Å²) in [7, 11) is 1.44. The lowest BCUT2D eigenvalue weighted by atomic mass is 9.69. The van der Waals surface area contributed by atoms with E-state index in [9.17, 15) is 9.90 Å². The maximum absolute atomic E-state index is 11.5. The number of ether oxygens (including phenoxy) is 2. The van der Waals surface area contributed by atoms with Gasteiger partial charge in [0.1, 0.15) is 0 Å². The number of esters is 1. The monoisotopic (exact) mass is 550 g/mol. The number of unbranched alkanes of at least 4 members (excludes halogenated alkanes) is 1. The SMILES string of the molecule is COC(=O)CCCC=CC[C@H]1[C@H](C=CC[C@](C)(O)c2ccccc2)[C@@H]2C[C@@]1(c1ccc(-c3ccccc3)cc1)CO2. The fraction of sp³-hybridized carbons (Fsp3) is 0.378. The maximum atomic E-state index is 11.5. The molecule has 1 N–H and O–H groups in total. The van der Waals surface area contributed by atoms with Crippen LogP contribution in [-0.2, 0) is 25.3 Å². The largest absolute Gasteiger partial charge is 0.469 e. The summed E-state index contributed by atoms with van der Waals surface area (Å²) < 4.78 is 11.2. The fourth-order valence-electron chi connectivity index (χ4n) is 6.74. The van der Waals surface area contributed by atoms with Gasteiger partial charge in [0.2, 0.25) is 0 Å². The summed E-state index contributed by atoms with van der Waals surface area (Å²) in [6, 6.07) is 29.5. The van der Waals surface area contributed by atoms with Crippen LogP contribution in [0.1, 0.15) is 56.6 Å². The van der Waals surface area contributed by atoms with Crippen LogP contribution in [0.2, 0.25) is 0 Å². The van der Waals surface area contributed by atoms with E-state index in [0.717, 1.165) is 37.9 Å². The van der Waals surface area contributed by atoms with Gasteiger partial charge in [-0.3, -0.25) is 4.79 Å². The van der Waals surface area contributed by atoms with Crippen LogP contribution in [0.3, 0.4) is 0 Å². The molecule has 3 aromatic rings. The second-order valence-electron chi connectivity index (χ2n) is 11.8. The average molecular weight is 551 g/mol. The summed E-state index contributed by atoms with van der Waals surface area (Å²) in [6.07, 6.45) is 13.7. The van der Waals surface area contributed by atoms with Crippen LogP contribution >= 0.6 is 0 Å². The zero-order valence-corrected chi connectivity index (χ0v) is 24.2. The van der Waals surface area contributed by atoms with E-state index in [-0.39, 0.29) is 23.4 Å². The molecule has 1 heterocycles. The molecule has 1 saturated heterocycles. The van der Waals surface area contributed by atoms with E-state index in [1.807, 2.05) is 43.3 Å². The van der Waals surface area contributed by atoms with Crippen LogP contribution in [0.15, 0.2) is 109 Å². The Kier molecular flexibility index (Phi) is 9.22. The molecule has 0 amide bonds. The molecular weight excluding hydrogens is 508 g/mol. The minimum atomic E-state index is -0.920. The Labute approximate surface area is 244 Å². The fourth-order valence-corrected chi connectivity index (χ4v) is 6.74. The molecule has 2 aliphatic rings. The van der Waals surface area contributed by atoms with Crippen molar-refractivity contribution in [1.29, 1.82) is 0 Å². The first-order valence-electron chi connectivity index (χ1n) is 14.9. The van der Waals surface area contributed by atoms with Gasteiger partial charge >= 0.3 is 5.97 Å². The van der Waals surface area contributed by atoms with E-state index in [0.29, 0.717) is 18.8 Å². The molecule has 1 aliphatic heterocycles. The summed E-state index contributed by atoms with van der Waals surface area (Å²) in [5.74, 6) is 0.501. The van der Waals surface area contributed by atoms with Crippen molar-refractivity contribution in [2.75, 3.05) is 13.7 Å². The molecule has 4 heteroatoms. The van der Waals surface area contributed by atoms with Gasteiger partial charge in [-0.2, -0.15) is 0 Å². The van der Waals surface area contributed by atoms with Crippen LogP contribution in [0.5, 0.6) is 0 Å². The zero-order valence-electron chi connectivity index (χ0n) is 24.2. The smallest absolute Gasteiger partial charge is 0.305 e. The molecule has 5 rings (SSSR count). The lowest BCUT2D eigenvalue weighted by Crippen LogP contribution is -2.39. The number of hydrogen-bond donors (Lipinski definition) is 1. The van der Waals surface area contributed by atoms with Crippen LogP contribution in [0, 0.1) is 11.8 Å². The molecular formula is C37H42O4. The third-order valence-electron chi connectivity index (χ3n) is 9.10. The Hall–Kier alpha value is -3.47. The van der Waals surface area contributed by atoms with E-state index in [1.54, 1.807) is 0 Å². The number of allylic oxidation sites excluding steroid dienone is 2. The van der Waals surface area contributed by atoms with Crippen molar-refractivity contribution in [3.05, 3.63) is 120 Å². The number of hydrogen-bond acceptors (Lipinski definition) is 4. The molecule has 41 heavy (non-hydrogen) atoms. The quantitative estimate of drug-likeness (QED) is 0.142. The van der Waals surface area contributed by atoms with E-state index >= 15 is 0 Å². The predicted octanol–water partition coefficient (Wildman–Crippen LogP) is 7.77. The molecule has 0 unspecified atom stereocenters. The highest BCUT2D eigenvalue weighted by Gasteiger charge is 2.58. The molecule has 4 nitrogen and oxygen atoms in total. The average Bonchev–Trinajstić information content (AvgIpc) is 3.58. The molecule has 5 atom stereocenters. The summed E-state index contributed by atoms with van der Waals surface area (Å²) in [4.78, 5) is 11.5. The highest BCUT2D eigenvalue weighted by atomic mass is 16.5. The van der Waals surface area contributed by atoms with Crippen LogP contribution in [-0.4, -0.2) is 30.9 Å². The minimum Gasteiger partial charge on any atom is -0.469 e. The number of fused-ring (bicyclic) bond motifs is 2. The molecule has 2 fully saturated rings. The molecule has 214 valence electrons. The second-order valence-corrected chi connectivity index (χ2v) is 11.8. The number of carbonyl (C=O) groups excluding carboxylic acids is 1. The lowest BCUT2D eigenvalue weighted by molar-refractivity contribution is -0.140. The Morgan fingerprint density at radius 1 is 0.976 bits per heavy atom. The van der Waals surface area contributed by atoms with Gasteiger partial charge in [0.15, 0.2) is 0 Å². The maximum Gasteiger partial charge on any atom is 0.305 e. The van der Waals surface area contributed by atoms with Gasteiger partial charge in [-0.15, -0.1) is 0 Å². The molecule has 1 saturated carbocycles. The molecule has 0 spiro atoms. The van der Waals surface area contributed by atoms with Crippen LogP contribution < -0.4 is 0 Å². The van der Waals surface area contributed by atoms with Gasteiger partial charge in [0, 0.05) is 17.8 Å². The lowest BCUT2D eigenvalue weighted by Gasteiger charge is -2.38. The van der Waals surface area contributed by atoms with Gasteiger partial charge in [-0.1, -0.05) is 109 Å². The van der Waals surface area contributed by atoms with Gasteiger partial charge < -0.3 is 14.6 Å². The summed E-state index contributed by atoms with van der Waals surface area (Å²) >= 11 is 0. The highest BCUT2D eigenvalue weighted by molar-refractivity contribution is 5.69. The first kappa shape index (κ1) is 29.0. The first-order valence-corrected chi connectivity index (χ1v) is 14.9. The summed E-state index contributed by atoms with van der Waals surface area (Å²) in [6.45, 7) is 2.61. The van der Waals surface area contributed by atoms with Crippen molar-refractivity contribution >= 4 is 5.97 Å². The van der Waals surface area contributed by atoms with Gasteiger partial charge in [-0.25, -0.2) is 0 Å². The third-order valence-corrected chi connectivity index (χ3v) is 9.10. The molecule has 1 aliphatic carbocycles. The van der Waals surface area contributed by atoms with E-state index in [2.05, 4.69) is 72.8 Å². The Balaban J connectivity index is 1.35. The number of benzene rings is 3. The van der Waals surface area contributed by atoms with Crippen LogP contribution in [0.4, 0.5) is 0 Å². The van der Waals surface area contributed by atoms with Crippen molar-refractivity contribution in [1.82, 2.24) is 0 Å². The van der Waals surface area contributed by atoms with Crippen molar-refractivity contribution in [3.63, 3.8) is 0 Å². The Morgan fingerprint density at radius 3 is 2.37 bits per heavy atom. The van der Waals surface area contributed by atoms with E-state index in [4.69, 9.17) is 9.47 Å². The number of rotatable bonds is 12. The summed E-state index contributed by atoms with van der Waals surface area (Å²) in [5.41, 5.74) is 3.75. The second kappa shape index (κ2) is 13.0. The van der Waals surface area contributed by atoms with Gasteiger partial charge in [-0.05, 0) is 67.2 Å². The van der Waals surface area contributed by atoms with Gasteiger partial charge in [0.05, 0.1) is 25.4 Å².